The van der Waals surface area contributed by atoms with Crippen LogP contribution in [-0.4, -0.2) is 29.3 Å². The standard InChI is InChI=1S/C18H19NO2/c1-18(2,20)16-12-21-17(19-16)15-11-7-6-10-14(15)13-8-4-3-5-9-13/h3-11,16,20H,12H2,1-2H3/t16-/m0/s1. The SMILES string of the molecule is CC(C)(O)[C@@H]1COC(c2ccccc2-c2ccccc2)=N1. The number of rotatable bonds is 3. The van der Waals surface area contributed by atoms with Gasteiger partial charge in [-0.1, -0.05) is 48.5 Å². The smallest absolute Gasteiger partial charge is 0.217 e. The zero-order valence-corrected chi connectivity index (χ0v) is 12.3. The van der Waals surface area contributed by atoms with Crippen LogP contribution in [0.3, 0.4) is 0 Å². The fourth-order valence-electron chi connectivity index (χ4n) is 2.42. The fourth-order valence-corrected chi connectivity index (χ4v) is 2.42. The number of ether oxygens (including phenoxy) is 1. The van der Waals surface area contributed by atoms with Crippen LogP contribution in [0.5, 0.6) is 0 Å². The predicted molar refractivity (Wildman–Crippen MR) is 84.5 cm³/mol. The molecule has 21 heavy (non-hydrogen) atoms. The molecule has 3 heteroatoms. The van der Waals surface area contributed by atoms with E-state index in [0.717, 1.165) is 16.7 Å². The maximum Gasteiger partial charge on any atom is 0.217 e. The molecular formula is C18H19NO2. The summed E-state index contributed by atoms with van der Waals surface area (Å²) in [5.74, 6) is 0.613. The first-order valence-corrected chi connectivity index (χ1v) is 7.13. The molecule has 0 bridgehead atoms. The molecule has 0 radical (unpaired) electrons. The lowest BCUT2D eigenvalue weighted by Gasteiger charge is -2.20. The van der Waals surface area contributed by atoms with E-state index in [1.807, 2.05) is 36.4 Å². The summed E-state index contributed by atoms with van der Waals surface area (Å²) in [6.45, 7) is 3.94. The van der Waals surface area contributed by atoms with Crippen molar-refractivity contribution < 1.29 is 9.84 Å². The highest BCUT2D eigenvalue weighted by Gasteiger charge is 2.33. The van der Waals surface area contributed by atoms with Gasteiger partial charge in [-0.25, -0.2) is 4.99 Å². The third-order valence-electron chi connectivity index (χ3n) is 3.71. The van der Waals surface area contributed by atoms with Crippen molar-refractivity contribution in [1.82, 2.24) is 0 Å². The van der Waals surface area contributed by atoms with Crippen molar-refractivity contribution in [2.45, 2.75) is 25.5 Å². The van der Waals surface area contributed by atoms with E-state index < -0.39 is 5.60 Å². The third kappa shape index (κ3) is 2.83. The van der Waals surface area contributed by atoms with Gasteiger partial charge in [0, 0.05) is 5.56 Å². The minimum Gasteiger partial charge on any atom is -0.475 e. The van der Waals surface area contributed by atoms with Gasteiger partial charge in [-0.15, -0.1) is 0 Å². The summed E-state index contributed by atoms with van der Waals surface area (Å²) in [7, 11) is 0. The molecule has 2 aromatic carbocycles. The summed E-state index contributed by atoms with van der Waals surface area (Å²) in [4.78, 5) is 4.56. The van der Waals surface area contributed by atoms with Gasteiger partial charge in [0.05, 0.1) is 5.60 Å². The van der Waals surface area contributed by atoms with Crippen LogP contribution >= 0.6 is 0 Å². The molecule has 108 valence electrons. The van der Waals surface area contributed by atoms with Gasteiger partial charge in [0.25, 0.3) is 0 Å². The Hall–Kier alpha value is -2.13. The summed E-state index contributed by atoms with van der Waals surface area (Å²) in [5.41, 5.74) is 2.32. The molecule has 1 N–H and O–H groups in total. The number of hydrogen-bond donors (Lipinski definition) is 1. The number of aliphatic imine (C=N–C) groups is 1. The largest absolute Gasteiger partial charge is 0.475 e. The normalized spacial score (nSPS) is 18.2. The molecule has 0 saturated heterocycles. The predicted octanol–water partition coefficient (Wildman–Crippen LogP) is 3.27. The van der Waals surface area contributed by atoms with E-state index >= 15 is 0 Å². The van der Waals surface area contributed by atoms with Gasteiger partial charge in [-0.2, -0.15) is 0 Å². The molecule has 1 aliphatic heterocycles. The average Bonchev–Trinajstić information content (AvgIpc) is 2.98. The molecule has 0 aromatic heterocycles. The van der Waals surface area contributed by atoms with Crippen LogP contribution < -0.4 is 0 Å². The summed E-state index contributed by atoms with van der Waals surface area (Å²) < 4.78 is 5.73. The number of benzene rings is 2. The van der Waals surface area contributed by atoms with Crippen LogP contribution in [0.2, 0.25) is 0 Å². The van der Waals surface area contributed by atoms with Crippen molar-refractivity contribution in [3.63, 3.8) is 0 Å². The van der Waals surface area contributed by atoms with Gasteiger partial charge in [0.1, 0.15) is 12.6 Å². The molecule has 0 spiro atoms. The van der Waals surface area contributed by atoms with Crippen molar-refractivity contribution in [3.8, 4) is 11.1 Å². The maximum absolute atomic E-state index is 10.1. The Bertz CT molecular complexity index is 656. The molecule has 0 amide bonds. The second-order valence-electron chi connectivity index (χ2n) is 5.83. The monoisotopic (exact) mass is 281 g/mol. The van der Waals surface area contributed by atoms with Crippen molar-refractivity contribution in [3.05, 3.63) is 60.2 Å². The van der Waals surface area contributed by atoms with E-state index in [2.05, 4.69) is 23.2 Å². The van der Waals surface area contributed by atoms with Gasteiger partial charge in [-0.3, -0.25) is 0 Å². The molecule has 3 nitrogen and oxygen atoms in total. The molecule has 3 rings (SSSR count). The number of aliphatic hydroxyl groups is 1. The van der Waals surface area contributed by atoms with Gasteiger partial charge >= 0.3 is 0 Å². The molecule has 1 aliphatic rings. The first-order chi connectivity index (χ1) is 10.1. The van der Waals surface area contributed by atoms with Gasteiger partial charge in [0.15, 0.2) is 0 Å². The summed E-state index contributed by atoms with van der Waals surface area (Å²) in [5, 5.41) is 10.1. The maximum atomic E-state index is 10.1. The number of nitrogens with zero attached hydrogens (tertiary/aromatic N) is 1. The Labute approximate surface area is 124 Å². The van der Waals surface area contributed by atoms with E-state index in [1.54, 1.807) is 13.8 Å². The molecule has 2 aromatic rings. The van der Waals surface area contributed by atoms with Gasteiger partial charge in [0.2, 0.25) is 5.90 Å². The van der Waals surface area contributed by atoms with Crippen LogP contribution in [0.15, 0.2) is 59.6 Å². The Morgan fingerprint density at radius 3 is 2.24 bits per heavy atom. The van der Waals surface area contributed by atoms with Crippen LogP contribution in [0, 0.1) is 0 Å². The minimum atomic E-state index is -0.872. The lowest BCUT2D eigenvalue weighted by molar-refractivity contribution is 0.0436. The second kappa shape index (κ2) is 5.34. The Morgan fingerprint density at radius 2 is 1.62 bits per heavy atom. The molecule has 0 aliphatic carbocycles. The molecular weight excluding hydrogens is 262 g/mol. The third-order valence-corrected chi connectivity index (χ3v) is 3.71. The van der Waals surface area contributed by atoms with E-state index in [1.165, 1.54) is 0 Å². The van der Waals surface area contributed by atoms with Crippen molar-refractivity contribution >= 4 is 5.90 Å². The molecule has 0 unspecified atom stereocenters. The van der Waals surface area contributed by atoms with E-state index in [9.17, 15) is 5.11 Å². The first-order valence-electron chi connectivity index (χ1n) is 7.13. The minimum absolute atomic E-state index is 0.226. The zero-order valence-electron chi connectivity index (χ0n) is 12.3. The summed E-state index contributed by atoms with van der Waals surface area (Å²) in [6.07, 6.45) is 0. The van der Waals surface area contributed by atoms with Gasteiger partial charge in [-0.05, 0) is 31.0 Å². The van der Waals surface area contributed by atoms with Crippen LogP contribution in [0.25, 0.3) is 11.1 Å². The van der Waals surface area contributed by atoms with Crippen molar-refractivity contribution in [1.29, 1.82) is 0 Å². The van der Waals surface area contributed by atoms with Crippen LogP contribution in [-0.2, 0) is 4.74 Å². The van der Waals surface area contributed by atoms with E-state index in [4.69, 9.17) is 4.74 Å². The summed E-state index contributed by atoms with van der Waals surface area (Å²) >= 11 is 0. The average molecular weight is 281 g/mol. The quantitative estimate of drug-likeness (QED) is 0.938. The topological polar surface area (TPSA) is 41.8 Å². The highest BCUT2D eigenvalue weighted by Crippen LogP contribution is 2.27. The first kappa shape index (κ1) is 13.8. The highest BCUT2D eigenvalue weighted by molar-refractivity contribution is 6.01. The Balaban J connectivity index is 2.01. The molecule has 0 saturated carbocycles. The lowest BCUT2D eigenvalue weighted by Crippen LogP contribution is -2.35. The Morgan fingerprint density at radius 1 is 1.00 bits per heavy atom. The second-order valence-corrected chi connectivity index (χ2v) is 5.83. The van der Waals surface area contributed by atoms with E-state index in [-0.39, 0.29) is 6.04 Å². The molecule has 1 heterocycles. The van der Waals surface area contributed by atoms with Crippen LogP contribution in [0.4, 0.5) is 0 Å². The zero-order chi connectivity index (χ0) is 14.9. The molecule has 0 fully saturated rings. The fraction of sp³-hybridized carbons (Fsp3) is 0.278. The number of hydrogen-bond acceptors (Lipinski definition) is 3. The van der Waals surface area contributed by atoms with Crippen molar-refractivity contribution in [2.24, 2.45) is 4.99 Å². The van der Waals surface area contributed by atoms with Crippen LogP contribution in [0.1, 0.15) is 19.4 Å². The molecule has 1 atom stereocenters. The summed E-state index contributed by atoms with van der Waals surface area (Å²) in [6, 6.07) is 18.0. The van der Waals surface area contributed by atoms with E-state index in [0.29, 0.717) is 12.5 Å². The lowest BCUT2D eigenvalue weighted by atomic mass is 9.99. The Kier molecular flexibility index (Phi) is 3.52. The highest BCUT2D eigenvalue weighted by atomic mass is 16.5. The van der Waals surface area contributed by atoms with Gasteiger partial charge < -0.3 is 9.84 Å². The van der Waals surface area contributed by atoms with Crippen molar-refractivity contribution in [2.75, 3.05) is 6.61 Å².